The van der Waals surface area contributed by atoms with Gasteiger partial charge in [0.15, 0.2) is 0 Å². The summed E-state index contributed by atoms with van der Waals surface area (Å²) in [6.07, 6.45) is 10.5. The summed E-state index contributed by atoms with van der Waals surface area (Å²) in [5.41, 5.74) is 3.87. The number of carbonyl (C=O) groups is 1. The summed E-state index contributed by atoms with van der Waals surface area (Å²) in [6.45, 7) is 18.0. The molecule has 1 atom stereocenters. The number of amides is 2. The first-order valence-electron chi connectivity index (χ1n) is 8.66. The van der Waals surface area contributed by atoms with Gasteiger partial charge in [0.1, 0.15) is 0 Å². The zero-order valence-electron chi connectivity index (χ0n) is 15.8. The quantitative estimate of drug-likeness (QED) is 0.657. The van der Waals surface area contributed by atoms with E-state index in [2.05, 4.69) is 37.3 Å². The van der Waals surface area contributed by atoms with E-state index in [9.17, 15) is 4.79 Å². The molecule has 136 valence electrons. The molecule has 1 unspecified atom stereocenters. The van der Waals surface area contributed by atoms with Gasteiger partial charge in [-0.05, 0) is 50.1 Å². The van der Waals surface area contributed by atoms with E-state index in [4.69, 9.17) is 0 Å². The number of nitrogens with zero attached hydrogens (tertiary/aromatic N) is 1. The van der Waals surface area contributed by atoms with Gasteiger partial charge in [-0.25, -0.2) is 4.79 Å². The summed E-state index contributed by atoms with van der Waals surface area (Å²) in [4.78, 5) is 14.2. The van der Waals surface area contributed by atoms with Crippen LogP contribution in [0.5, 0.6) is 0 Å². The van der Waals surface area contributed by atoms with Gasteiger partial charge in [-0.1, -0.05) is 56.5 Å². The van der Waals surface area contributed by atoms with Crippen molar-refractivity contribution >= 4 is 6.03 Å². The lowest BCUT2D eigenvalue weighted by Crippen LogP contribution is -2.37. The topological polar surface area (TPSA) is 44.4 Å². The van der Waals surface area contributed by atoms with Crippen LogP contribution in [0.25, 0.3) is 0 Å². The molecule has 2 amide bonds. The van der Waals surface area contributed by atoms with E-state index in [1.54, 1.807) is 11.0 Å². The fourth-order valence-corrected chi connectivity index (χ4v) is 2.57. The Morgan fingerprint density at radius 3 is 2.56 bits per heavy atom. The molecule has 0 aromatic carbocycles. The molecular formula is C21H31N3O. The van der Waals surface area contributed by atoms with Gasteiger partial charge in [-0.15, -0.1) is 0 Å². The summed E-state index contributed by atoms with van der Waals surface area (Å²) >= 11 is 0. The van der Waals surface area contributed by atoms with Crippen LogP contribution in [0.1, 0.15) is 20.3 Å². The zero-order chi connectivity index (χ0) is 18.8. The van der Waals surface area contributed by atoms with Gasteiger partial charge in [-0.2, -0.15) is 0 Å². The third kappa shape index (κ3) is 6.59. The van der Waals surface area contributed by atoms with E-state index in [0.717, 1.165) is 29.7 Å². The van der Waals surface area contributed by atoms with Gasteiger partial charge in [0.05, 0.1) is 0 Å². The second-order valence-corrected chi connectivity index (χ2v) is 6.25. The maximum absolute atomic E-state index is 12.4. The fourth-order valence-electron chi connectivity index (χ4n) is 2.57. The van der Waals surface area contributed by atoms with Gasteiger partial charge < -0.3 is 15.5 Å². The summed E-state index contributed by atoms with van der Waals surface area (Å²) < 4.78 is 0. The molecule has 1 rings (SSSR count). The van der Waals surface area contributed by atoms with Gasteiger partial charge in [0.2, 0.25) is 0 Å². The number of hydrogen-bond donors (Lipinski definition) is 2. The molecule has 1 fully saturated rings. The Hall–Kier alpha value is -2.33. The lowest BCUT2D eigenvalue weighted by atomic mass is 9.98. The highest BCUT2D eigenvalue weighted by Gasteiger charge is 2.24. The standard InChI is InChI=1S/C21H31N3O/c1-7-9-20-15-24(14-19(20)8-2)21(25)23-18(5)11-10-16(3)17(4)12-13-22-6/h7-11,17,22H,1,3,5,12-15H2,2,4,6H3,(H,23,25)/b11-10-,19-8-,20-9-. The Morgan fingerprint density at radius 1 is 1.28 bits per heavy atom. The first kappa shape index (κ1) is 20.7. The molecule has 1 aliphatic rings. The predicted molar refractivity (Wildman–Crippen MR) is 107 cm³/mol. The average molecular weight is 341 g/mol. The summed E-state index contributed by atoms with van der Waals surface area (Å²) in [5, 5.41) is 5.97. The minimum Gasteiger partial charge on any atom is -0.320 e. The molecule has 2 N–H and O–H groups in total. The van der Waals surface area contributed by atoms with Crippen molar-refractivity contribution in [1.82, 2.24) is 15.5 Å². The lowest BCUT2D eigenvalue weighted by Gasteiger charge is -2.16. The average Bonchev–Trinajstić information content (AvgIpc) is 3.01. The van der Waals surface area contributed by atoms with Crippen LogP contribution in [0.3, 0.4) is 0 Å². The van der Waals surface area contributed by atoms with Crippen molar-refractivity contribution in [1.29, 1.82) is 0 Å². The molecule has 4 heteroatoms. The minimum absolute atomic E-state index is 0.143. The smallest absolute Gasteiger partial charge is 0.320 e. The molecule has 25 heavy (non-hydrogen) atoms. The Labute approximate surface area is 152 Å². The van der Waals surface area contributed by atoms with E-state index >= 15 is 0 Å². The van der Waals surface area contributed by atoms with Crippen molar-refractivity contribution in [2.45, 2.75) is 20.3 Å². The van der Waals surface area contributed by atoms with Crippen LogP contribution in [0.15, 0.2) is 72.5 Å². The SMILES string of the molecule is C=C/C=C1/CN(C(=O)NC(=C)/C=C\C(=C)C(C)CCNC)C/C1=C/C. The first-order valence-corrected chi connectivity index (χ1v) is 8.66. The Morgan fingerprint density at radius 2 is 1.96 bits per heavy atom. The maximum Gasteiger partial charge on any atom is 0.322 e. The van der Waals surface area contributed by atoms with Crippen molar-refractivity contribution in [3.63, 3.8) is 0 Å². The summed E-state index contributed by atoms with van der Waals surface area (Å²) in [7, 11) is 1.94. The number of likely N-dealkylation sites (tertiary alicyclic amines) is 1. The molecule has 4 nitrogen and oxygen atoms in total. The molecule has 0 spiro atoms. The van der Waals surface area contributed by atoms with Gasteiger partial charge >= 0.3 is 6.03 Å². The third-order valence-electron chi connectivity index (χ3n) is 4.32. The predicted octanol–water partition coefficient (Wildman–Crippen LogP) is 3.94. The van der Waals surface area contributed by atoms with Crippen LogP contribution in [0.2, 0.25) is 0 Å². The maximum atomic E-state index is 12.4. The van der Waals surface area contributed by atoms with E-state index in [1.807, 2.05) is 38.3 Å². The largest absolute Gasteiger partial charge is 0.322 e. The second kappa shape index (κ2) is 10.5. The number of hydrogen-bond acceptors (Lipinski definition) is 2. The van der Waals surface area contributed by atoms with E-state index in [0.29, 0.717) is 24.7 Å². The lowest BCUT2D eigenvalue weighted by molar-refractivity contribution is 0.214. The van der Waals surface area contributed by atoms with Crippen LogP contribution in [0.4, 0.5) is 4.79 Å². The number of rotatable bonds is 8. The van der Waals surface area contributed by atoms with Crippen LogP contribution in [-0.2, 0) is 0 Å². The normalized spacial score (nSPS) is 18.8. The Bertz CT molecular complexity index is 611. The molecule has 0 radical (unpaired) electrons. The monoisotopic (exact) mass is 341 g/mol. The van der Waals surface area contributed by atoms with Gasteiger partial charge in [0.25, 0.3) is 0 Å². The molecule has 1 heterocycles. The molecule has 0 aromatic rings. The van der Waals surface area contributed by atoms with Crippen molar-refractivity contribution < 1.29 is 4.79 Å². The van der Waals surface area contributed by atoms with Crippen molar-refractivity contribution in [3.05, 3.63) is 72.5 Å². The molecule has 1 aliphatic heterocycles. The first-order chi connectivity index (χ1) is 11.9. The second-order valence-electron chi connectivity index (χ2n) is 6.25. The van der Waals surface area contributed by atoms with E-state index in [1.165, 1.54) is 0 Å². The Balaban J connectivity index is 2.56. The summed E-state index contributed by atoms with van der Waals surface area (Å²) in [6, 6.07) is -0.143. The zero-order valence-corrected chi connectivity index (χ0v) is 15.8. The highest BCUT2D eigenvalue weighted by molar-refractivity contribution is 5.78. The fraction of sp³-hybridized carbons (Fsp3) is 0.381. The van der Waals surface area contributed by atoms with Crippen LogP contribution >= 0.6 is 0 Å². The van der Waals surface area contributed by atoms with Gasteiger partial charge in [0, 0.05) is 18.8 Å². The van der Waals surface area contributed by atoms with Crippen LogP contribution < -0.4 is 10.6 Å². The third-order valence-corrected chi connectivity index (χ3v) is 4.32. The van der Waals surface area contributed by atoms with Crippen molar-refractivity contribution in [2.24, 2.45) is 5.92 Å². The number of nitrogens with one attached hydrogen (secondary N) is 2. The molecule has 1 saturated heterocycles. The van der Waals surface area contributed by atoms with E-state index < -0.39 is 0 Å². The molecular weight excluding hydrogens is 310 g/mol. The van der Waals surface area contributed by atoms with Crippen LogP contribution in [0, 0.1) is 5.92 Å². The molecule has 0 saturated carbocycles. The summed E-state index contributed by atoms with van der Waals surface area (Å²) in [5.74, 6) is 0.384. The van der Waals surface area contributed by atoms with E-state index in [-0.39, 0.29) is 6.03 Å². The number of carbonyl (C=O) groups excluding carboxylic acids is 1. The highest BCUT2D eigenvalue weighted by atomic mass is 16.2. The number of allylic oxidation sites excluding steroid dienone is 6. The molecule has 0 bridgehead atoms. The van der Waals surface area contributed by atoms with Crippen molar-refractivity contribution in [3.8, 4) is 0 Å². The highest BCUT2D eigenvalue weighted by Crippen LogP contribution is 2.22. The van der Waals surface area contributed by atoms with Gasteiger partial charge in [-0.3, -0.25) is 0 Å². The Kier molecular flexibility index (Phi) is 8.71. The molecule has 0 aromatic heterocycles. The van der Waals surface area contributed by atoms with Crippen molar-refractivity contribution in [2.75, 3.05) is 26.7 Å². The molecule has 0 aliphatic carbocycles. The number of urea groups is 1. The minimum atomic E-state index is -0.143. The van der Waals surface area contributed by atoms with Crippen LogP contribution in [-0.4, -0.2) is 37.6 Å².